The van der Waals surface area contributed by atoms with Crippen molar-refractivity contribution < 1.29 is 23.8 Å². The van der Waals surface area contributed by atoms with Gasteiger partial charge < -0.3 is 24.0 Å². The maximum absolute atomic E-state index is 13.0. The SMILES string of the molecule is CC(C)(C)OC(=O)N1CCCC2(C1)CN(c1ccc3c(c1)OCCO3)C2=O. The molecule has 146 valence electrons. The molecular formula is C20H26N2O5. The molecule has 2 saturated heterocycles. The number of likely N-dealkylation sites (tertiary alicyclic amines) is 1. The second-order valence-electron chi connectivity index (χ2n) is 8.51. The second kappa shape index (κ2) is 6.32. The number of β-lactam (4-membered cyclic amide) rings is 1. The topological polar surface area (TPSA) is 68.3 Å². The Labute approximate surface area is 159 Å². The lowest BCUT2D eigenvalue weighted by atomic mass is 9.72. The Morgan fingerprint density at radius 2 is 1.89 bits per heavy atom. The first-order valence-corrected chi connectivity index (χ1v) is 9.47. The summed E-state index contributed by atoms with van der Waals surface area (Å²) >= 11 is 0. The van der Waals surface area contributed by atoms with E-state index in [0.717, 1.165) is 18.5 Å². The van der Waals surface area contributed by atoms with Gasteiger partial charge >= 0.3 is 6.09 Å². The largest absolute Gasteiger partial charge is 0.486 e. The van der Waals surface area contributed by atoms with E-state index in [2.05, 4.69) is 0 Å². The van der Waals surface area contributed by atoms with Gasteiger partial charge in [-0.1, -0.05) is 0 Å². The minimum Gasteiger partial charge on any atom is -0.486 e. The molecule has 7 nitrogen and oxygen atoms in total. The van der Waals surface area contributed by atoms with E-state index in [1.807, 2.05) is 39.0 Å². The summed E-state index contributed by atoms with van der Waals surface area (Å²) in [5, 5.41) is 0. The summed E-state index contributed by atoms with van der Waals surface area (Å²) < 4.78 is 16.6. The lowest BCUT2D eigenvalue weighted by Crippen LogP contribution is -2.68. The van der Waals surface area contributed by atoms with Crippen molar-refractivity contribution in [3.8, 4) is 11.5 Å². The van der Waals surface area contributed by atoms with Crippen LogP contribution in [-0.2, 0) is 9.53 Å². The number of nitrogens with zero attached hydrogens (tertiary/aromatic N) is 2. The molecular weight excluding hydrogens is 348 g/mol. The smallest absolute Gasteiger partial charge is 0.410 e. The van der Waals surface area contributed by atoms with Crippen LogP contribution in [0.5, 0.6) is 11.5 Å². The van der Waals surface area contributed by atoms with Gasteiger partial charge in [0.05, 0.1) is 5.41 Å². The number of hydrogen-bond acceptors (Lipinski definition) is 5. The van der Waals surface area contributed by atoms with Crippen molar-refractivity contribution in [1.29, 1.82) is 0 Å². The zero-order valence-corrected chi connectivity index (χ0v) is 16.1. The predicted octanol–water partition coefficient (Wildman–Crippen LogP) is 2.82. The van der Waals surface area contributed by atoms with Gasteiger partial charge in [-0.25, -0.2) is 4.79 Å². The molecule has 0 saturated carbocycles. The van der Waals surface area contributed by atoms with Gasteiger partial charge in [-0.05, 0) is 45.7 Å². The summed E-state index contributed by atoms with van der Waals surface area (Å²) in [4.78, 5) is 28.9. The molecule has 3 aliphatic heterocycles. The van der Waals surface area contributed by atoms with E-state index in [1.54, 1.807) is 9.80 Å². The Bertz CT molecular complexity index is 772. The van der Waals surface area contributed by atoms with Crippen LogP contribution in [0.15, 0.2) is 18.2 Å². The number of anilines is 1. The van der Waals surface area contributed by atoms with Crippen LogP contribution in [0, 0.1) is 5.41 Å². The minimum atomic E-state index is -0.539. The zero-order valence-electron chi connectivity index (χ0n) is 16.1. The standard InChI is InChI=1S/C20H26N2O5/c1-19(2,3)27-18(24)21-8-4-7-20(12-21)13-22(17(20)23)14-5-6-15-16(11-14)26-10-9-25-15/h5-6,11H,4,7-10,12-13H2,1-3H3. The molecule has 2 fully saturated rings. The molecule has 1 unspecified atom stereocenters. The zero-order chi connectivity index (χ0) is 19.2. The third-order valence-corrected chi connectivity index (χ3v) is 5.23. The van der Waals surface area contributed by atoms with E-state index in [4.69, 9.17) is 14.2 Å². The van der Waals surface area contributed by atoms with E-state index in [1.165, 1.54) is 0 Å². The van der Waals surface area contributed by atoms with Crippen LogP contribution in [0.1, 0.15) is 33.6 Å². The van der Waals surface area contributed by atoms with Gasteiger partial charge in [-0.15, -0.1) is 0 Å². The highest BCUT2D eigenvalue weighted by atomic mass is 16.6. The van der Waals surface area contributed by atoms with Crippen LogP contribution in [0.2, 0.25) is 0 Å². The van der Waals surface area contributed by atoms with Gasteiger partial charge in [0.25, 0.3) is 0 Å². The Morgan fingerprint density at radius 1 is 1.15 bits per heavy atom. The Hall–Kier alpha value is -2.44. The molecule has 1 aromatic carbocycles. The lowest BCUT2D eigenvalue weighted by molar-refractivity contribution is -0.138. The number of carbonyl (C=O) groups is 2. The molecule has 7 heteroatoms. The number of benzene rings is 1. The van der Waals surface area contributed by atoms with Crippen molar-refractivity contribution in [2.24, 2.45) is 5.41 Å². The number of carbonyl (C=O) groups excluding carboxylic acids is 2. The monoisotopic (exact) mass is 374 g/mol. The first-order valence-electron chi connectivity index (χ1n) is 9.47. The average Bonchev–Trinajstić information content (AvgIpc) is 2.64. The van der Waals surface area contributed by atoms with Gasteiger partial charge in [0.15, 0.2) is 11.5 Å². The molecule has 0 bridgehead atoms. The first-order chi connectivity index (χ1) is 12.8. The number of ether oxygens (including phenoxy) is 3. The third-order valence-electron chi connectivity index (χ3n) is 5.23. The number of rotatable bonds is 1. The number of hydrogen-bond donors (Lipinski definition) is 0. The highest BCUT2D eigenvalue weighted by Crippen LogP contribution is 2.44. The van der Waals surface area contributed by atoms with E-state index >= 15 is 0 Å². The number of fused-ring (bicyclic) bond motifs is 1. The van der Waals surface area contributed by atoms with Crippen LogP contribution in [0.25, 0.3) is 0 Å². The van der Waals surface area contributed by atoms with Gasteiger partial charge in [0, 0.05) is 31.4 Å². The number of piperidine rings is 1. The Morgan fingerprint density at radius 3 is 2.59 bits per heavy atom. The van der Waals surface area contributed by atoms with Gasteiger partial charge in [-0.2, -0.15) is 0 Å². The minimum absolute atomic E-state index is 0.0624. The predicted molar refractivity (Wildman–Crippen MR) is 99.3 cm³/mol. The summed E-state index contributed by atoms with van der Waals surface area (Å²) in [6, 6.07) is 5.58. The molecule has 3 heterocycles. The van der Waals surface area contributed by atoms with Crippen molar-refractivity contribution >= 4 is 17.7 Å². The van der Waals surface area contributed by atoms with Crippen LogP contribution in [0.4, 0.5) is 10.5 Å². The molecule has 1 spiro atoms. The normalized spacial score (nSPS) is 24.6. The second-order valence-corrected chi connectivity index (χ2v) is 8.51. The fraction of sp³-hybridized carbons (Fsp3) is 0.600. The molecule has 0 aromatic heterocycles. The van der Waals surface area contributed by atoms with Crippen molar-refractivity contribution in [3.63, 3.8) is 0 Å². The van der Waals surface area contributed by atoms with E-state index in [9.17, 15) is 9.59 Å². The van der Waals surface area contributed by atoms with Gasteiger partial charge in [-0.3, -0.25) is 4.79 Å². The van der Waals surface area contributed by atoms with Crippen LogP contribution in [0.3, 0.4) is 0 Å². The molecule has 4 rings (SSSR count). The first kappa shape index (κ1) is 17.9. The average molecular weight is 374 g/mol. The molecule has 0 N–H and O–H groups in total. The lowest BCUT2D eigenvalue weighted by Gasteiger charge is -2.52. The van der Waals surface area contributed by atoms with Crippen LogP contribution < -0.4 is 14.4 Å². The number of amides is 2. The van der Waals surface area contributed by atoms with Crippen molar-refractivity contribution in [1.82, 2.24) is 4.90 Å². The summed E-state index contributed by atoms with van der Waals surface area (Å²) in [5.41, 5.74) is -0.227. The fourth-order valence-corrected chi connectivity index (χ4v) is 3.96. The highest BCUT2D eigenvalue weighted by molar-refractivity contribution is 6.05. The third kappa shape index (κ3) is 3.31. The summed E-state index contributed by atoms with van der Waals surface area (Å²) in [7, 11) is 0. The molecule has 1 atom stereocenters. The fourth-order valence-electron chi connectivity index (χ4n) is 3.96. The maximum Gasteiger partial charge on any atom is 0.410 e. The summed E-state index contributed by atoms with van der Waals surface area (Å²) in [6.07, 6.45) is 1.26. The molecule has 3 aliphatic rings. The van der Waals surface area contributed by atoms with Crippen LogP contribution >= 0.6 is 0 Å². The van der Waals surface area contributed by atoms with E-state index in [0.29, 0.717) is 44.3 Å². The quantitative estimate of drug-likeness (QED) is 0.707. The molecule has 1 aromatic rings. The summed E-state index contributed by atoms with van der Waals surface area (Å²) in [5.74, 6) is 1.44. The molecule has 0 aliphatic carbocycles. The van der Waals surface area contributed by atoms with Crippen molar-refractivity contribution in [3.05, 3.63) is 18.2 Å². The maximum atomic E-state index is 13.0. The molecule has 2 amide bonds. The summed E-state index contributed by atoms with van der Waals surface area (Å²) in [6.45, 7) is 8.26. The molecule has 27 heavy (non-hydrogen) atoms. The van der Waals surface area contributed by atoms with Crippen molar-refractivity contribution in [2.45, 2.75) is 39.2 Å². The van der Waals surface area contributed by atoms with Gasteiger partial charge in [0.1, 0.15) is 18.8 Å². The Balaban J connectivity index is 1.46. The van der Waals surface area contributed by atoms with E-state index in [-0.39, 0.29) is 12.0 Å². The van der Waals surface area contributed by atoms with Crippen molar-refractivity contribution in [2.75, 3.05) is 37.7 Å². The van der Waals surface area contributed by atoms with Gasteiger partial charge in [0.2, 0.25) is 5.91 Å². The van der Waals surface area contributed by atoms with Crippen LogP contribution in [-0.4, -0.2) is 55.3 Å². The van der Waals surface area contributed by atoms with E-state index < -0.39 is 11.0 Å². The Kier molecular flexibility index (Phi) is 4.20. The molecule has 0 radical (unpaired) electrons. The highest BCUT2D eigenvalue weighted by Gasteiger charge is 2.55.